The first-order valence-electron chi connectivity index (χ1n) is 8.68. The number of aromatic nitrogens is 2. The van der Waals surface area contributed by atoms with Gasteiger partial charge in [-0.05, 0) is 24.8 Å². The molecule has 0 aliphatic carbocycles. The highest BCUT2D eigenvalue weighted by molar-refractivity contribution is 5.81. The Morgan fingerprint density at radius 2 is 2.08 bits per heavy atom. The highest BCUT2D eigenvalue weighted by atomic mass is 16.2. The maximum absolute atomic E-state index is 12.5. The smallest absolute Gasteiger partial charge is 0.254 e. The third kappa shape index (κ3) is 3.96. The van der Waals surface area contributed by atoms with Gasteiger partial charge in [-0.3, -0.25) is 14.5 Å². The van der Waals surface area contributed by atoms with E-state index < -0.39 is 0 Å². The summed E-state index contributed by atoms with van der Waals surface area (Å²) in [5.41, 5.74) is 2.65. The summed E-state index contributed by atoms with van der Waals surface area (Å²) in [5, 5.41) is 3.04. The van der Waals surface area contributed by atoms with Gasteiger partial charge in [-0.1, -0.05) is 37.3 Å². The van der Waals surface area contributed by atoms with Crippen molar-refractivity contribution in [3.63, 3.8) is 0 Å². The Bertz CT molecular complexity index is 788. The molecule has 1 amide bonds. The van der Waals surface area contributed by atoms with Crippen molar-refractivity contribution in [3.8, 4) is 0 Å². The Hall–Kier alpha value is -2.47. The predicted molar refractivity (Wildman–Crippen MR) is 96.3 cm³/mol. The molecule has 0 radical (unpaired) electrons. The lowest BCUT2D eigenvalue weighted by Crippen LogP contribution is -2.48. The third-order valence-corrected chi connectivity index (χ3v) is 4.92. The Kier molecular flexibility index (Phi) is 5.28. The molecule has 2 atom stereocenters. The van der Waals surface area contributed by atoms with Gasteiger partial charge in [0.25, 0.3) is 5.56 Å². The molecule has 2 aromatic rings. The normalized spacial score (nSPS) is 16.7. The number of amides is 1. The fraction of sp³-hybridized carbons (Fsp3) is 0.421. The van der Waals surface area contributed by atoms with Gasteiger partial charge >= 0.3 is 0 Å². The van der Waals surface area contributed by atoms with Crippen LogP contribution in [0.4, 0.5) is 0 Å². The van der Waals surface area contributed by atoms with Gasteiger partial charge in [-0.2, -0.15) is 0 Å². The van der Waals surface area contributed by atoms with Crippen molar-refractivity contribution in [1.29, 1.82) is 0 Å². The predicted octanol–water partition coefficient (Wildman–Crippen LogP) is 1.44. The molecule has 1 aromatic heterocycles. The van der Waals surface area contributed by atoms with Crippen LogP contribution in [-0.2, 0) is 17.8 Å². The minimum Gasteiger partial charge on any atom is -0.354 e. The highest BCUT2D eigenvalue weighted by Gasteiger charge is 2.27. The van der Waals surface area contributed by atoms with Crippen LogP contribution >= 0.6 is 0 Å². The number of aromatic amines is 1. The lowest BCUT2D eigenvalue weighted by Gasteiger charge is -2.32. The molecular formula is C19H24N4O2. The van der Waals surface area contributed by atoms with E-state index in [0.717, 1.165) is 11.3 Å². The van der Waals surface area contributed by atoms with E-state index >= 15 is 0 Å². The maximum atomic E-state index is 12.5. The largest absolute Gasteiger partial charge is 0.354 e. The van der Waals surface area contributed by atoms with Crippen LogP contribution in [0.2, 0.25) is 0 Å². The zero-order chi connectivity index (χ0) is 17.8. The quantitative estimate of drug-likeness (QED) is 0.863. The molecule has 2 N–H and O–H groups in total. The SMILES string of the molecule is CC(CNC(=O)C(C)N1CCc2c(nc[nH]c2=O)C1)c1ccccc1. The fourth-order valence-electron chi connectivity index (χ4n) is 3.18. The van der Waals surface area contributed by atoms with Crippen LogP contribution in [-0.4, -0.2) is 39.9 Å². The van der Waals surface area contributed by atoms with Gasteiger partial charge in [0, 0.05) is 25.2 Å². The molecule has 6 nitrogen and oxygen atoms in total. The molecular weight excluding hydrogens is 316 g/mol. The standard InChI is InChI=1S/C19H24N4O2/c1-13(15-6-4-3-5-7-15)10-20-18(24)14(2)23-9-8-16-17(11-23)21-12-22-19(16)25/h3-7,12-14H,8-11H2,1-2H3,(H,20,24)(H,21,22,25). The molecule has 25 heavy (non-hydrogen) atoms. The number of benzene rings is 1. The minimum absolute atomic E-state index is 0.0103. The van der Waals surface area contributed by atoms with Gasteiger partial charge in [0.05, 0.1) is 18.1 Å². The number of rotatable bonds is 5. The average molecular weight is 340 g/mol. The van der Waals surface area contributed by atoms with Crippen LogP contribution < -0.4 is 10.9 Å². The monoisotopic (exact) mass is 340 g/mol. The van der Waals surface area contributed by atoms with E-state index in [4.69, 9.17) is 0 Å². The number of carbonyl (C=O) groups excluding carboxylic acids is 1. The second-order valence-electron chi connectivity index (χ2n) is 6.61. The minimum atomic E-state index is -0.253. The molecule has 2 unspecified atom stereocenters. The number of hydrogen-bond acceptors (Lipinski definition) is 4. The number of carbonyl (C=O) groups is 1. The molecule has 0 fully saturated rings. The summed E-state index contributed by atoms with van der Waals surface area (Å²) < 4.78 is 0. The van der Waals surface area contributed by atoms with Gasteiger partial charge < -0.3 is 10.3 Å². The van der Waals surface area contributed by atoms with Crippen LogP contribution in [0.1, 0.15) is 36.6 Å². The van der Waals surface area contributed by atoms with E-state index in [2.05, 4.69) is 39.2 Å². The molecule has 132 valence electrons. The lowest BCUT2D eigenvalue weighted by atomic mass is 10.0. The van der Waals surface area contributed by atoms with Crippen molar-refractivity contribution < 1.29 is 4.79 Å². The second kappa shape index (κ2) is 7.61. The number of nitrogens with one attached hydrogen (secondary N) is 2. The fourth-order valence-corrected chi connectivity index (χ4v) is 3.18. The molecule has 2 heterocycles. The summed E-state index contributed by atoms with van der Waals surface area (Å²) in [7, 11) is 0. The van der Waals surface area contributed by atoms with E-state index in [1.807, 2.05) is 25.1 Å². The summed E-state index contributed by atoms with van der Waals surface area (Å²) in [5.74, 6) is 0.274. The van der Waals surface area contributed by atoms with Gasteiger partial charge in [0.1, 0.15) is 0 Å². The molecule has 0 spiro atoms. The Morgan fingerprint density at radius 3 is 2.84 bits per heavy atom. The van der Waals surface area contributed by atoms with Crippen LogP contribution in [0, 0.1) is 0 Å². The molecule has 1 aliphatic heterocycles. The topological polar surface area (TPSA) is 78.1 Å². The summed E-state index contributed by atoms with van der Waals surface area (Å²) in [4.78, 5) is 33.2. The maximum Gasteiger partial charge on any atom is 0.254 e. The average Bonchev–Trinajstić information content (AvgIpc) is 2.65. The highest BCUT2D eigenvalue weighted by Crippen LogP contribution is 2.16. The first kappa shape index (κ1) is 17.4. The Labute approximate surface area is 147 Å². The molecule has 1 aliphatic rings. The van der Waals surface area contributed by atoms with Crippen molar-refractivity contribution in [2.45, 2.75) is 38.8 Å². The Balaban J connectivity index is 1.57. The summed E-state index contributed by atoms with van der Waals surface area (Å²) >= 11 is 0. The van der Waals surface area contributed by atoms with Crippen LogP contribution in [0.25, 0.3) is 0 Å². The molecule has 1 aromatic carbocycles. The zero-order valence-electron chi connectivity index (χ0n) is 14.7. The zero-order valence-corrected chi connectivity index (χ0v) is 14.7. The van der Waals surface area contributed by atoms with E-state index in [-0.39, 0.29) is 23.4 Å². The number of hydrogen-bond donors (Lipinski definition) is 2. The van der Waals surface area contributed by atoms with E-state index in [1.165, 1.54) is 11.9 Å². The van der Waals surface area contributed by atoms with Crippen LogP contribution in [0.5, 0.6) is 0 Å². The van der Waals surface area contributed by atoms with Crippen molar-refractivity contribution in [2.24, 2.45) is 0 Å². The van der Waals surface area contributed by atoms with Crippen molar-refractivity contribution in [3.05, 3.63) is 63.8 Å². The lowest BCUT2D eigenvalue weighted by molar-refractivity contribution is -0.126. The molecule has 0 bridgehead atoms. The number of fused-ring (bicyclic) bond motifs is 1. The molecule has 6 heteroatoms. The van der Waals surface area contributed by atoms with E-state index in [9.17, 15) is 9.59 Å². The first-order chi connectivity index (χ1) is 12.1. The molecule has 0 saturated carbocycles. The van der Waals surface area contributed by atoms with Gasteiger partial charge in [0.2, 0.25) is 5.91 Å². The number of H-pyrrole nitrogens is 1. The van der Waals surface area contributed by atoms with Crippen molar-refractivity contribution >= 4 is 5.91 Å². The van der Waals surface area contributed by atoms with Crippen molar-refractivity contribution in [2.75, 3.05) is 13.1 Å². The van der Waals surface area contributed by atoms with Crippen LogP contribution in [0.3, 0.4) is 0 Å². The molecule has 3 rings (SSSR count). The van der Waals surface area contributed by atoms with E-state index in [0.29, 0.717) is 26.1 Å². The molecule has 0 saturated heterocycles. The summed E-state index contributed by atoms with van der Waals surface area (Å²) in [6.07, 6.45) is 2.05. The summed E-state index contributed by atoms with van der Waals surface area (Å²) in [6, 6.07) is 9.91. The van der Waals surface area contributed by atoms with Crippen molar-refractivity contribution in [1.82, 2.24) is 20.2 Å². The van der Waals surface area contributed by atoms with Gasteiger partial charge in [-0.15, -0.1) is 0 Å². The van der Waals surface area contributed by atoms with Gasteiger partial charge in [0.15, 0.2) is 0 Å². The third-order valence-electron chi connectivity index (χ3n) is 4.92. The number of nitrogens with zero attached hydrogens (tertiary/aromatic N) is 2. The van der Waals surface area contributed by atoms with E-state index in [1.54, 1.807) is 0 Å². The van der Waals surface area contributed by atoms with Gasteiger partial charge in [-0.25, -0.2) is 4.98 Å². The summed E-state index contributed by atoms with van der Waals surface area (Å²) in [6.45, 7) is 5.83. The first-order valence-corrected chi connectivity index (χ1v) is 8.68. The second-order valence-corrected chi connectivity index (χ2v) is 6.61. The Morgan fingerprint density at radius 1 is 1.32 bits per heavy atom. The van der Waals surface area contributed by atoms with Crippen LogP contribution in [0.15, 0.2) is 41.5 Å².